The summed E-state index contributed by atoms with van der Waals surface area (Å²) >= 11 is 0. The number of rotatable bonds is 6. The molecule has 2 aliphatic carbocycles. The molecule has 3 rings (SSSR count). The highest BCUT2D eigenvalue weighted by Crippen LogP contribution is 2.26. The van der Waals surface area contributed by atoms with Gasteiger partial charge in [0.2, 0.25) is 5.95 Å². The predicted molar refractivity (Wildman–Crippen MR) is 94.5 cm³/mol. The number of methoxy groups -OCH3 is 1. The SMILES string of the molecule is COC1CCC(Nc2ncc(C(N)=O)c(N[C@H]3CC[C@@H](O)C3)n2)CC1. The molecule has 0 radical (unpaired) electrons. The molecular weight excluding hydrogens is 322 g/mol. The Kier molecular flexibility index (Phi) is 5.70. The van der Waals surface area contributed by atoms with E-state index in [1.807, 2.05) is 0 Å². The molecule has 2 saturated carbocycles. The molecule has 2 atom stereocenters. The van der Waals surface area contributed by atoms with E-state index in [0.717, 1.165) is 38.5 Å². The molecule has 1 aromatic rings. The minimum absolute atomic E-state index is 0.0907. The summed E-state index contributed by atoms with van der Waals surface area (Å²) in [5.41, 5.74) is 5.71. The number of hydrogen-bond acceptors (Lipinski definition) is 7. The van der Waals surface area contributed by atoms with Crippen LogP contribution in [0.4, 0.5) is 11.8 Å². The molecule has 0 aromatic carbocycles. The van der Waals surface area contributed by atoms with E-state index in [9.17, 15) is 9.90 Å². The first-order valence-corrected chi connectivity index (χ1v) is 8.96. The second kappa shape index (κ2) is 7.97. The van der Waals surface area contributed by atoms with E-state index in [-0.39, 0.29) is 17.7 Å². The molecule has 2 aliphatic rings. The van der Waals surface area contributed by atoms with E-state index in [1.165, 1.54) is 6.20 Å². The molecule has 0 bridgehead atoms. The fraction of sp³-hybridized carbons (Fsp3) is 0.706. The average Bonchev–Trinajstić information content (AvgIpc) is 3.00. The van der Waals surface area contributed by atoms with Gasteiger partial charge < -0.3 is 26.2 Å². The number of aliphatic hydroxyl groups is 1. The Morgan fingerprint density at radius 3 is 2.52 bits per heavy atom. The first kappa shape index (κ1) is 17.9. The van der Waals surface area contributed by atoms with E-state index >= 15 is 0 Å². The van der Waals surface area contributed by atoms with E-state index in [2.05, 4.69) is 20.6 Å². The van der Waals surface area contributed by atoms with Crippen molar-refractivity contribution in [2.75, 3.05) is 17.7 Å². The third-order valence-corrected chi connectivity index (χ3v) is 5.14. The van der Waals surface area contributed by atoms with Gasteiger partial charge in [-0.2, -0.15) is 4.98 Å². The van der Waals surface area contributed by atoms with Crippen molar-refractivity contribution in [3.8, 4) is 0 Å². The number of nitrogens with zero attached hydrogens (tertiary/aromatic N) is 2. The van der Waals surface area contributed by atoms with E-state index in [4.69, 9.17) is 10.5 Å². The van der Waals surface area contributed by atoms with Crippen LogP contribution in [0.25, 0.3) is 0 Å². The number of anilines is 2. The predicted octanol–water partition coefficient (Wildman–Crippen LogP) is 1.27. The van der Waals surface area contributed by atoms with Gasteiger partial charge in [-0.15, -0.1) is 0 Å². The number of nitrogens with one attached hydrogen (secondary N) is 2. The maximum atomic E-state index is 11.6. The quantitative estimate of drug-likeness (QED) is 0.610. The van der Waals surface area contributed by atoms with Gasteiger partial charge in [-0.25, -0.2) is 4.98 Å². The van der Waals surface area contributed by atoms with Gasteiger partial charge in [0.25, 0.3) is 5.91 Å². The number of primary amides is 1. The number of amides is 1. The minimum atomic E-state index is -0.562. The van der Waals surface area contributed by atoms with E-state index < -0.39 is 5.91 Å². The topological polar surface area (TPSA) is 122 Å². The maximum absolute atomic E-state index is 11.6. The monoisotopic (exact) mass is 349 g/mol. The zero-order valence-electron chi connectivity index (χ0n) is 14.6. The van der Waals surface area contributed by atoms with Crippen molar-refractivity contribution < 1.29 is 14.6 Å². The second-order valence-corrected chi connectivity index (χ2v) is 6.98. The van der Waals surface area contributed by atoms with Gasteiger partial charge in [0.05, 0.1) is 17.8 Å². The van der Waals surface area contributed by atoms with Crippen molar-refractivity contribution >= 4 is 17.7 Å². The lowest BCUT2D eigenvalue weighted by Gasteiger charge is -2.28. The van der Waals surface area contributed by atoms with Gasteiger partial charge in [-0.05, 0) is 44.9 Å². The number of hydrogen-bond donors (Lipinski definition) is 4. The normalized spacial score (nSPS) is 29.4. The van der Waals surface area contributed by atoms with Crippen LogP contribution in [0.1, 0.15) is 55.3 Å². The van der Waals surface area contributed by atoms with Crippen LogP contribution in [0.15, 0.2) is 6.20 Å². The van der Waals surface area contributed by atoms with Crippen molar-refractivity contribution in [2.45, 2.75) is 69.2 Å². The molecule has 5 N–H and O–H groups in total. The van der Waals surface area contributed by atoms with Gasteiger partial charge in [0.15, 0.2) is 0 Å². The number of aliphatic hydroxyl groups excluding tert-OH is 1. The lowest BCUT2D eigenvalue weighted by Crippen LogP contribution is -2.30. The van der Waals surface area contributed by atoms with Crippen molar-refractivity contribution in [3.05, 3.63) is 11.8 Å². The Hall–Kier alpha value is -1.93. The Balaban J connectivity index is 1.68. The van der Waals surface area contributed by atoms with Crippen LogP contribution in [0.3, 0.4) is 0 Å². The van der Waals surface area contributed by atoms with Crippen molar-refractivity contribution in [3.63, 3.8) is 0 Å². The number of nitrogens with two attached hydrogens (primary N) is 1. The minimum Gasteiger partial charge on any atom is -0.393 e. The van der Waals surface area contributed by atoms with Crippen LogP contribution < -0.4 is 16.4 Å². The molecule has 0 aliphatic heterocycles. The molecule has 138 valence electrons. The molecule has 1 heterocycles. The fourth-order valence-corrected chi connectivity index (χ4v) is 3.65. The van der Waals surface area contributed by atoms with Crippen LogP contribution >= 0.6 is 0 Å². The molecule has 0 saturated heterocycles. The molecule has 2 fully saturated rings. The Morgan fingerprint density at radius 2 is 1.92 bits per heavy atom. The summed E-state index contributed by atoms with van der Waals surface area (Å²) in [5.74, 6) is 0.370. The Bertz CT molecular complexity index is 604. The zero-order chi connectivity index (χ0) is 17.8. The van der Waals surface area contributed by atoms with E-state index in [1.54, 1.807) is 7.11 Å². The molecule has 0 spiro atoms. The van der Waals surface area contributed by atoms with Gasteiger partial charge in [0.1, 0.15) is 5.82 Å². The first-order chi connectivity index (χ1) is 12.0. The molecule has 8 nitrogen and oxygen atoms in total. The van der Waals surface area contributed by atoms with Crippen LogP contribution in [-0.4, -0.2) is 52.4 Å². The fourth-order valence-electron chi connectivity index (χ4n) is 3.65. The zero-order valence-corrected chi connectivity index (χ0v) is 14.6. The van der Waals surface area contributed by atoms with Gasteiger partial charge in [-0.3, -0.25) is 4.79 Å². The molecular formula is C17H27N5O3. The molecule has 0 unspecified atom stereocenters. The third kappa shape index (κ3) is 4.58. The number of ether oxygens (including phenoxy) is 1. The summed E-state index contributed by atoms with van der Waals surface area (Å²) in [5, 5.41) is 16.3. The van der Waals surface area contributed by atoms with Crippen molar-refractivity contribution in [1.82, 2.24) is 9.97 Å². The summed E-state index contributed by atoms with van der Waals surface area (Å²) in [6.45, 7) is 0. The highest BCUT2D eigenvalue weighted by Gasteiger charge is 2.25. The molecule has 1 amide bonds. The van der Waals surface area contributed by atoms with Crippen LogP contribution in [-0.2, 0) is 4.74 Å². The lowest BCUT2D eigenvalue weighted by molar-refractivity contribution is 0.0681. The maximum Gasteiger partial charge on any atom is 0.254 e. The smallest absolute Gasteiger partial charge is 0.254 e. The van der Waals surface area contributed by atoms with Crippen LogP contribution in [0.5, 0.6) is 0 Å². The average molecular weight is 349 g/mol. The van der Waals surface area contributed by atoms with Gasteiger partial charge in [0, 0.05) is 25.4 Å². The summed E-state index contributed by atoms with van der Waals surface area (Å²) in [6.07, 6.45) is 7.76. The largest absolute Gasteiger partial charge is 0.393 e. The second-order valence-electron chi connectivity index (χ2n) is 6.98. The lowest BCUT2D eigenvalue weighted by atomic mass is 9.93. The first-order valence-electron chi connectivity index (χ1n) is 8.96. The van der Waals surface area contributed by atoms with Gasteiger partial charge in [-0.1, -0.05) is 0 Å². The molecule has 8 heteroatoms. The highest BCUT2D eigenvalue weighted by molar-refractivity contribution is 5.97. The van der Waals surface area contributed by atoms with Crippen LogP contribution in [0.2, 0.25) is 0 Å². The molecule has 1 aromatic heterocycles. The number of carbonyl (C=O) groups is 1. The van der Waals surface area contributed by atoms with Gasteiger partial charge >= 0.3 is 0 Å². The Labute approximate surface area is 147 Å². The van der Waals surface area contributed by atoms with Crippen molar-refractivity contribution in [1.29, 1.82) is 0 Å². The summed E-state index contributed by atoms with van der Waals surface area (Å²) in [7, 11) is 1.75. The highest BCUT2D eigenvalue weighted by atomic mass is 16.5. The number of aromatic nitrogens is 2. The van der Waals surface area contributed by atoms with Crippen LogP contribution in [0, 0.1) is 0 Å². The third-order valence-electron chi connectivity index (χ3n) is 5.14. The summed E-state index contributed by atoms with van der Waals surface area (Å²) in [4.78, 5) is 20.4. The van der Waals surface area contributed by atoms with E-state index in [0.29, 0.717) is 30.3 Å². The molecule has 25 heavy (non-hydrogen) atoms. The Morgan fingerprint density at radius 1 is 1.20 bits per heavy atom. The standard InChI is InChI=1S/C17H27N5O3/c1-25-13-6-3-10(4-7-13)21-17-19-9-14(15(18)24)16(22-17)20-11-2-5-12(23)8-11/h9-13,23H,2-8H2,1H3,(H2,18,24)(H2,19,20,21,22)/t10?,11-,12+,13?/m0/s1. The van der Waals surface area contributed by atoms with Crippen molar-refractivity contribution in [2.24, 2.45) is 5.73 Å². The summed E-state index contributed by atoms with van der Waals surface area (Å²) < 4.78 is 5.39. The summed E-state index contributed by atoms with van der Waals surface area (Å²) in [6, 6.07) is 0.389. The number of carbonyl (C=O) groups excluding carboxylic acids is 1.